The van der Waals surface area contributed by atoms with Gasteiger partial charge in [-0.1, -0.05) is 27.2 Å². The van der Waals surface area contributed by atoms with E-state index in [4.69, 9.17) is 4.98 Å². The maximum Gasteiger partial charge on any atom is 0.107 e. The Morgan fingerprint density at radius 3 is 2.86 bits per heavy atom. The number of thiazole rings is 1. The smallest absolute Gasteiger partial charge is 0.107 e. The second-order valence-corrected chi connectivity index (χ2v) is 7.73. The van der Waals surface area contributed by atoms with Crippen LogP contribution < -0.4 is 5.32 Å². The Labute approximate surface area is 134 Å². The quantitative estimate of drug-likeness (QED) is 0.767. The minimum Gasteiger partial charge on any atom is -0.312 e. The first-order valence-electron chi connectivity index (χ1n) is 8.55. The number of rotatable bonds is 7. The van der Waals surface area contributed by atoms with Gasteiger partial charge in [-0.3, -0.25) is 4.90 Å². The van der Waals surface area contributed by atoms with Crippen LogP contribution in [0.3, 0.4) is 0 Å². The van der Waals surface area contributed by atoms with Crippen molar-refractivity contribution in [3.8, 4) is 0 Å². The second kappa shape index (κ2) is 8.25. The molecule has 0 saturated carbocycles. The number of hydrogen-bond acceptors (Lipinski definition) is 4. The highest BCUT2D eigenvalue weighted by Gasteiger charge is 2.21. The van der Waals surface area contributed by atoms with Gasteiger partial charge in [-0.25, -0.2) is 4.98 Å². The van der Waals surface area contributed by atoms with Gasteiger partial charge in [-0.05, 0) is 45.2 Å². The van der Waals surface area contributed by atoms with Gasteiger partial charge in [0.25, 0.3) is 0 Å². The molecule has 120 valence electrons. The first-order valence-corrected chi connectivity index (χ1v) is 9.36. The molecule has 2 heterocycles. The molecular weight excluding hydrogens is 278 g/mol. The summed E-state index contributed by atoms with van der Waals surface area (Å²) in [6.07, 6.45) is 5.26. The Kier molecular flexibility index (Phi) is 6.65. The number of aromatic nitrogens is 1. The molecule has 0 radical (unpaired) electrons. The third kappa shape index (κ3) is 4.76. The molecule has 0 aliphatic carbocycles. The molecule has 1 aliphatic rings. The topological polar surface area (TPSA) is 28.2 Å². The van der Waals surface area contributed by atoms with Gasteiger partial charge in [0.2, 0.25) is 0 Å². The fraction of sp³-hybridized carbons (Fsp3) is 0.824. The Morgan fingerprint density at radius 2 is 2.19 bits per heavy atom. The van der Waals surface area contributed by atoms with E-state index in [2.05, 4.69) is 37.9 Å². The first kappa shape index (κ1) is 16.9. The number of nitrogens with one attached hydrogen (secondary N) is 1. The highest BCUT2D eigenvalue weighted by atomic mass is 32.1. The van der Waals surface area contributed by atoms with E-state index in [0.717, 1.165) is 19.6 Å². The summed E-state index contributed by atoms with van der Waals surface area (Å²) in [5.74, 6) is 0.521. The lowest BCUT2D eigenvalue weighted by Gasteiger charge is -2.32. The van der Waals surface area contributed by atoms with E-state index >= 15 is 0 Å². The lowest BCUT2D eigenvalue weighted by atomic mass is 10.0. The SMILES string of the molecule is CCCNCc1sc(CN2CCCCC2C)nc1C(C)C. The lowest BCUT2D eigenvalue weighted by Crippen LogP contribution is -2.36. The van der Waals surface area contributed by atoms with Gasteiger partial charge in [0.15, 0.2) is 0 Å². The molecule has 1 fully saturated rings. The van der Waals surface area contributed by atoms with E-state index in [1.165, 1.54) is 47.8 Å². The third-order valence-corrected chi connectivity index (χ3v) is 5.37. The fourth-order valence-corrected chi connectivity index (χ4v) is 4.22. The summed E-state index contributed by atoms with van der Waals surface area (Å²) in [6, 6.07) is 0.715. The van der Waals surface area contributed by atoms with Gasteiger partial charge in [-0.2, -0.15) is 0 Å². The average Bonchev–Trinajstić information content (AvgIpc) is 2.85. The van der Waals surface area contributed by atoms with Crippen LogP contribution in [0.15, 0.2) is 0 Å². The molecule has 0 spiro atoms. The van der Waals surface area contributed by atoms with E-state index in [9.17, 15) is 0 Å². The van der Waals surface area contributed by atoms with Crippen LogP contribution in [0, 0.1) is 0 Å². The molecule has 0 aromatic carbocycles. The molecule has 3 nitrogen and oxygen atoms in total. The molecule has 0 bridgehead atoms. The normalized spacial score (nSPS) is 20.3. The maximum atomic E-state index is 4.95. The van der Waals surface area contributed by atoms with Gasteiger partial charge in [-0.15, -0.1) is 11.3 Å². The largest absolute Gasteiger partial charge is 0.312 e. The van der Waals surface area contributed by atoms with Crippen molar-refractivity contribution in [1.29, 1.82) is 0 Å². The molecule has 2 rings (SSSR count). The zero-order chi connectivity index (χ0) is 15.2. The van der Waals surface area contributed by atoms with Gasteiger partial charge in [0.05, 0.1) is 12.2 Å². The van der Waals surface area contributed by atoms with E-state index in [1.54, 1.807) is 0 Å². The molecule has 1 saturated heterocycles. The summed E-state index contributed by atoms with van der Waals surface area (Å²) in [4.78, 5) is 9.00. The molecule has 1 atom stereocenters. The number of likely N-dealkylation sites (tertiary alicyclic amines) is 1. The molecule has 21 heavy (non-hydrogen) atoms. The van der Waals surface area contributed by atoms with Gasteiger partial charge in [0.1, 0.15) is 5.01 Å². The van der Waals surface area contributed by atoms with E-state index < -0.39 is 0 Å². The van der Waals surface area contributed by atoms with Crippen molar-refractivity contribution in [3.05, 3.63) is 15.6 Å². The van der Waals surface area contributed by atoms with Crippen molar-refractivity contribution in [2.75, 3.05) is 13.1 Å². The lowest BCUT2D eigenvalue weighted by molar-refractivity contribution is 0.152. The van der Waals surface area contributed by atoms with Crippen LogP contribution in [-0.4, -0.2) is 29.0 Å². The zero-order valence-electron chi connectivity index (χ0n) is 14.1. The van der Waals surface area contributed by atoms with Crippen molar-refractivity contribution in [2.45, 2.75) is 78.4 Å². The van der Waals surface area contributed by atoms with Crippen molar-refractivity contribution < 1.29 is 0 Å². The fourth-order valence-electron chi connectivity index (χ4n) is 3.00. The standard InChI is InChI=1S/C17H31N3S/c1-5-9-18-11-15-17(13(2)3)19-16(21-15)12-20-10-7-6-8-14(20)4/h13-14,18H,5-12H2,1-4H3. The predicted octanol–water partition coefficient (Wildman–Crippen LogP) is 4.14. The van der Waals surface area contributed by atoms with Crippen LogP contribution in [0.4, 0.5) is 0 Å². The summed E-state index contributed by atoms with van der Waals surface area (Å²) in [6.45, 7) is 13.4. The molecule has 4 heteroatoms. The van der Waals surface area contributed by atoms with Crippen molar-refractivity contribution >= 4 is 11.3 Å². The van der Waals surface area contributed by atoms with Crippen LogP contribution in [0.25, 0.3) is 0 Å². The van der Waals surface area contributed by atoms with E-state index in [0.29, 0.717) is 12.0 Å². The van der Waals surface area contributed by atoms with Crippen molar-refractivity contribution in [2.24, 2.45) is 0 Å². The minimum atomic E-state index is 0.521. The van der Waals surface area contributed by atoms with Crippen LogP contribution >= 0.6 is 11.3 Å². The highest BCUT2D eigenvalue weighted by molar-refractivity contribution is 7.11. The van der Waals surface area contributed by atoms with Crippen molar-refractivity contribution in [1.82, 2.24) is 15.2 Å². The predicted molar refractivity (Wildman–Crippen MR) is 91.9 cm³/mol. The molecule has 1 aromatic rings. The molecule has 0 amide bonds. The third-order valence-electron chi connectivity index (χ3n) is 4.31. The molecule has 1 unspecified atom stereocenters. The summed E-state index contributed by atoms with van der Waals surface area (Å²) in [5, 5.41) is 4.84. The van der Waals surface area contributed by atoms with Crippen LogP contribution in [0.2, 0.25) is 0 Å². The molecular formula is C17H31N3S. The number of hydrogen-bond donors (Lipinski definition) is 1. The van der Waals surface area contributed by atoms with Gasteiger partial charge >= 0.3 is 0 Å². The summed E-state index contributed by atoms with van der Waals surface area (Å²) < 4.78 is 0. The van der Waals surface area contributed by atoms with Crippen molar-refractivity contribution in [3.63, 3.8) is 0 Å². The highest BCUT2D eigenvalue weighted by Crippen LogP contribution is 2.27. The second-order valence-electron chi connectivity index (χ2n) is 6.56. The average molecular weight is 310 g/mol. The minimum absolute atomic E-state index is 0.521. The van der Waals surface area contributed by atoms with Crippen LogP contribution in [-0.2, 0) is 13.1 Å². The summed E-state index contributed by atoms with van der Waals surface area (Å²) >= 11 is 1.92. The monoisotopic (exact) mass is 309 g/mol. The Hall–Kier alpha value is -0.450. The van der Waals surface area contributed by atoms with Gasteiger partial charge in [0, 0.05) is 17.5 Å². The molecule has 1 aliphatic heterocycles. The van der Waals surface area contributed by atoms with E-state index in [1.807, 2.05) is 11.3 Å². The number of nitrogens with zero attached hydrogens (tertiary/aromatic N) is 2. The Morgan fingerprint density at radius 1 is 1.38 bits per heavy atom. The summed E-state index contributed by atoms with van der Waals surface area (Å²) in [7, 11) is 0. The summed E-state index contributed by atoms with van der Waals surface area (Å²) in [5.41, 5.74) is 1.31. The Bertz CT molecular complexity index is 428. The van der Waals surface area contributed by atoms with E-state index in [-0.39, 0.29) is 0 Å². The molecule has 1 N–H and O–H groups in total. The zero-order valence-corrected chi connectivity index (χ0v) is 14.9. The van der Waals surface area contributed by atoms with Crippen LogP contribution in [0.5, 0.6) is 0 Å². The Balaban J connectivity index is 2.03. The first-order chi connectivity index (χ1) is 10.1. The molecule has 1 aromatic heterocycles. The van der Waals surface area contributed by atoms with Gasteiger partial charge < -0.3 is 5.32 Å². The number of piperidine rings is 1. The van der Waals surface area contributed by atoms with Crippen LogP contribution in [0.1, 0.15) is 74.9 Å². The maximum absolute atomic E-state index is 4.95.